The van der Waals surface area contributed by atoms with Gasteiger partial charge in [-0.2, -0.15) is 0 Å². The van der Waals surface area contributed by atoms with Crippen LogP contribution >= 0.6 is 0 Å². The van der Waals surface area contributed by atoms with Gasteiger partial charge in [-0.15, -0.1) is 0 Å². The first-order chi connectivity index (χ1) is 7.47. The van der Waals surface area contributed by atoms with E-state index < -0.39 is 0 Å². The highest BCUT2D eigenvalue weighted by atomic mass is 16.7. The fourth-order valence-corrected chi connectivity index (χ4v) is 1.17. The molecule has 16 heavy (non-hydrogen) atoms. The average Bonchev–Trinajstić information content (AvgIpc) is 2.24. The fourth-order valence-electron chi connectivity index (χ4n) is 1.17. The highest BCUT2D eigenvalue weighted by Crippen LogP contribution is 2.09. The number of hydroxylamine groups is 2. The van der Waals surface area contributed by atoms with Gasteiger partial charge in [-0.3, -0.25) is 9.63 Å². The van der Waals surface area contributed by atoms with Gasteiger partial charge in [0.1, 0.15) is 0 Å². The van der Waals surface area contributed by atoms with Gasteiger partial charge in [0.2, 0.25) is 0 Å². The summed E-state index contributed by atoms with van der Waals surface area (Å²) in [5, 5.41) is 1.21. The van der Waals surface area contributed by atoms with Crippen LogP contribution in [0.25, 0.3) is 0 Å². The number of hydrogen-bond donors (Lipinski definition) is 0. The van der Waals surface area contributed by atoms with Crippen molar-refractivity contribution in [1.82, 2.24) is 5.06 Å². The van der Waals surface area contributed by atoms with Crippen molar-refractivity contribution < 1.29 is 9.63 Å². The van der Waals surface area contributed by atoms with Crippen LogP contribution in [0.1, 0.15) is 33.6 Å². The van der Waals surface area contributed by atoms with Gasteiger partial charge >= 0.3 is 0 Å². The van der Waals surface area contributed by atoms with Crippen LogP contribution in [-0.2, 0) is 9.63 Å². The van der Waals surface area contributed by atoms with Crippen LogP contribution < -0.4 is 0 Å². The van der Waals surface area contributed by atoms with Gasteiger partial charge in [0.05, 0.1) is 7.11 Å². The summed E-state index contributed by atoms with van der Waals surface area (Å²) in [4.78, 5) is 16.1. The van der Waals surface area contributed by atoms with Gasteiger partial charge in [-0.05, 0) is 32.6 Å². The van der Waals surface area contributed by atoms with E-state index in [1.807, 2.05) is 6.08 Å². The molecule has 0 aliphatic carbocycles. The minimum atomic E-state index is -0.128. The molecule has 0 N–H and O–H groups in total. The Morgan fingerprint density at radius 2 is 2.06 bits per heavy atom. The smallest absolute Gasteiger partial charge is 0.269 e. The average molecular weight is 225 g/mol. The summed E-state index contributed by atoms with van der Waals surface area (Å²) >= 11 is 0. The molecule has 0 rings (SSSR count). The van der Waals surface area contributed by atoms with Gasteiger partial charge in [0.25, 0.3) is 5.91 Å². The summed E-state index contributed by atoms with van der Waals surface area (Å²) in [5.41, 5.74) is 1.34. The summed E-state index contributed by atoms with van der Waals surface area (Å²) in [6.07, 6.45) is 7.83. The zero-order chi connectivity index (χ0) is 12.6. The van der Waals surface area contributed by atoms with Crippen LogP contribution in [0.15, 0.2) is 23.8 Å². The first kappa shape index (κ1) is 14.9. The summed E-state index contributed by atoms with van der Waals surface area (Å²) in [6, 6.07) is 0. The second kappa shape index (κ2) is 8.11. The van der Waals surface area contributed by atoms with Crippen molar-refractivity contribution in [3.05, 3.63) is 23.8 Å². The Balaban J connectivity index is 3.95. The fraction of sp³-hybridized carbons (Fsp3) is 0.615. The normalized spacial score (nSPS) is 12.6. The molecule has 0 saturated heterocycles. The van der Waals surface area contributed by atoms with E-state index in [0.29, 0.717) is 5.92 Å². The Kier molecular flexibility index (Phi) is 7.56. The molecule has 0 aromatic rings. The molecule has 92 valence electrons. The standard InChI is InChI=1S/C13H23NO2/c1-11(2)7-6-8-12(3)9-10-13(15)14(4)16-5/h7,9-10,12H,6,8H2,1-5H3/b10-9+/t12-/m1/s1. The van der Waals surface area contributed by atoms with E-state index in [2.05, 4.69) is 26.8 Å². The third-order valence-corrected chi connectivity index (χ3v) is 2.33. The monoisotopic (exact) mass is 225 g/mol. The number of carbonyl (C=O) groups is 1. The van der Waals surface area contributed by atoms with Crippen LogP contribution in [0, 0.1) is 5.92 Å². The van der Waals surface area contributed by atoms with Crippen molar-refractivity contribution >= 4 is 5.91 Å². The molecule has 0 aliphatic rings. The quantitative estimate of drug-likeness (QED) is 0.395. The molecule has 1 amide bonds. The molecule has 1 atom stereocenters. The Bertz CT molecular complexity index is 265. The molecule has 3 heteroatoms. The van der Waals surface area contributed by atoms with Crippen LogP contribution in [0.4, 0.5) is 0 Å². The molecule has 0 heterocycles. The predicted molar refractivity (Wildman–Crippen MR) is 66.7 cm³/mol. The van der Waals surface area contributed by atoms with E-state index in [1.165, 1.54) is 17.7 Å². The first-order valence-electron chi connectivity index (χ1n) is 5.60. The first-order valence-corrected chi connectivity index (χ1v) is 5.60. The zero-order valence-corrected chi connectivity index (χ0v) is 11.0. The lowest BCUT2D eigenvalue weighted by Gasteiger charge is -2.11. The van der Waals surface area contributed by atoms with Gasteiger partial charge in [0, 0.05) is 13.1 Å². The lowest BCUT2D eigenvalue weighted by atomic mass is 10.0. The third kappa shape index (κ3) is 7.23. The maximum absolute atomic E-state index is 11.4. The third-order valence-electron chi connectivity index (χ3n) is 2.33. The summed E-state index contributed by atoms with van der Waals surface area (Å²) in [7, 11) is 3.07. The minimum Gasteiger partial charge on any atom is -0.274 e. The number of allylic oxidation sites excluding steroid dienone is 3. The molecule has 0 fully saturated rings. The molecule has 0 aromatic heterocycles. The molecule has 0 radical (unpaired) electrons. The number of likely N-dealkylation sites (N-methyl/N-ethyl adjacent to an activating group) is 1. The lowest BCUT2D eigenvalue weighted by Crippen LogP contribution is -2.23. The van der Waals surface area contributed by atoms with Crippen molar-refractivity contribution in [3.63, 3.8) is 0 Å². The van der Waals surface area contributed by atoms with Gasteiger partial charge in [-0.25, -0.2) is 5.06 Å². The molecule has 0 aliphatic heterocycles. The number of carbonyl (C=O) groups excluding carboxylic acids is 1. The Labute approximate surface area is 98.7 Å². The molecule has 0 unspecified atom stereocenters. The van der Waals surface area contributed by atoms with Crippen molar-refractivity contribution in [2.24, 2.45) is 5.92 Å². The van der Waals surface area contributed by atoms with Gasteiger partial charge in [-0.1, -0.05) is 24.6 Å². The number of rotatable bonds is 6. The summed E-state index contributed by atoms with van der Waals surface area (Å²) in [5.74, 6) is 0.279. The Hall–Kier alpha value is -1.09. The largest absolute Gasteiger partial charge is 0.274 e. The van der Waals surface area contributed by atoms with Crippen molar-refractivity contribution in [1.29, 1.82) is 0 Å². The SMILES string of the molecule is CON(C)C(=O)/C=C/[C@H](C)CCC=C(C)C. The maximum atomic E-state index is 11.4. The van der Waals surface area contributed by atoms with Crippen molar-refractivity contribution in [2.75, 3.05) is 14.2 Å². The van der Waals surface area contributed by atoms with E-state index in [-0.39, 0.29) is 5.91 Å². The molecule has 0 aromatic carbocycles. The highest BCUT2D eigenvalue weighted by Gasteiger charge is 2.03. The van der Waals surface area contributed by atoms with E-state index >= 15 is 0 Å². The minimum absolute atomic E-state index is 0.128. The lowest BCUT2D eigenvalue weighted by molar-refractivity contribution is -0.162. The summed E-state index contributed by atoms with van der Waals surface area (Å²) in [6.45, 7) is 6.30. The van der Waals surface area contributed by atoms with Gasteiger partial charge in [0.15, 0.2) is 0 Å². The van der Waals surface area contributed by atoms with E-state index in [0.717, 1.165) is 12.8 Å². The van der Waals surface area contributed by atoms with E-state index in [4.69, 9.17) is 4.84 Å². The van der Waals surface area contributed by atoms with Crippen LogP contribution in [0.5, 0.6) is 0 Å². The molecular weight excluding hydrogens is 202 g/mol. The molecule has 0 saturated carbocycles. The molecule has 3 nitrogen and oxygen atoms in total. The predicted octanol–water partition coefficient (Wildman–Crippen LogP) is 2.94. The number of nitrogens with zero attached hydrogens (tertiary/aromatic N) is 1. The van der Waals surface area contributed by atoms with Gasteiger partial charge < -0.3 is 0 Å². The van der Waals surface area contributed by atoms with Crippen molar-refractivity contribution in [2.45, 2.75) is 33.6 Å². The Morgan fingerprint density at radius 3 is 2.56 bits per heavy atom. The van der Waals surface area contributed by atoms with E-state index in [9.17, 15) is 4.79 Å². The Morgan fingerprint density at radius 1 is 1.44 bits per heavy atom. The topological polar surface area (TPSA) is 29.5 Å². The second-order valence-electron chi connectivity index (χ2n) is 4.21. The highest BCUT2D eigenvalue weighted by molar-refractivity contribution is 5.86. The maximum Gasteiger partial charge on any atom is 0.269 e. The summed E-state index contributed by atoms with van der Waals surface area (Å²) < 4.78 is 0. The van der Waals surface area contributed by atoms with E-state index in [1.54, 1.807) is 13.1 Å². The van der Waals surface area contributed by atoms with Crippen molar-refractivity contribution in [3.8, 4) is 0 Å². The molecular formula is C13H23NO2. The molecule has 0 spiro atoms. The number of amides is 1. The van der Waals surface area contributed by atoms with Crippen LogP contribution in [0.3, 0.4) is 0 Å². The number of hydrogen-bond acceptors (Lipinski definition) is 2. The van der Waals surface area contributed by atoms with Crippen LogP contribution in [-0.4, -0.2) is 25.1 Å². The second-order valence-corrected chi connectivity index (χ2v) is 4.21. The van der Waals surface area contributed by atoms with Crippen LogP contribution in [0.2, 0.25) is 0 Å². The zero-order valence-electron chi connectivity index (χ0n) is 11.0. The molecule has 0 bridgehead atoms.